The van der Waals surface area contributed by atoms with Gasteiger partial charge in [-0.05, 0) is 53.0 Å². The smallest absolute Gasteiger partial charge is 0.167 e. The number of tetrazole rings is 1. The normalized spacial score (nSPS) is 22.1. The second kappa shape index (κ2) is 7.85. The summed E-state index contributed by atoms with van der Waals surface area (Å²) in [5.41, 5.74) is 6.67. The monoisotopic (exact) mass is 413 g/mol. The van der Waals surface area contributed by atoms with E-state index in [1.807, 2.05) is 18.2 Å². The Morgan fingerprint density at radius 3 is 2.74 bits per heavy atom. The van der Waals surface area contributed by atoms with E-state index in [0.717, 1.165) is 29.8 Å². The first kappa shape index (κ1) is 19.8. The van der Waals surface area contributed by atoms with Crippen LogP contribution in [0.15, 0.2) is 71.5 Å². The van der Waals surface area contributed by atoms with Crippen LogP contribution in [0.25, 0.3) is 5.69 Å². The number of ether oxygens (including phenoxy) is 1. The molecule has 0 bridgehead atoms. The number of nitrogens with zero attached hydrogens (tertiary/aromatic N) is 5. The van der Waals surface area contributed by atoms with Gasteiger partial charge in [0.15, 0.2) is 5.72 Å². The summed E-state index contributed by atoms with van der Waals surface area (Å²) in [6.07, 6.45) is 5.60. The Morgan fingerprint density at radius 2 is 1.94 bits per heavy atom. The number of aliphatic imine (C=N–C) groups is 1. The van der Waals surface area contributed by atoms with E-state index >= 15 is 0 Å². The van der Waals surface area contributed by atoms with Crippen LogP contribution < -0.4 is 0 Å². The number of fused-ring (bicyclic) bond motifs is 1. The Kier molecular flexibility index (Phi) is 5.02. The van der Waals surface area contributed by atoms with Gasteiger partial charge in [0, 0.05) is 17.9 Å². The highest BCUT2D eigenvalue weighted by atomic mass is 16.5. The topological polar surface area (TPSA) is 65.2 Å². The summed E-state index contributed by atoms with van der Waals surface area (Å²) in [6, 6.07) is 16.7. The summed E-state index contributed by atoms with van der Waals surface area (Å²) < 4.78 is 8.15. The number of hydrogen-bond acceptors (Lipinski definition) is 5. The summed E-state index contributed by atoms with van der Waals surface area (Å²) in [6.45, 7) is 7.27. The van der Waals surface area contributed by atoms with Crippen molar-refractivity contribution in [1.82, 2.24) is 20.2 Å². The molecule has 2 aromatic carbocycles. The van der Waals surface area contributed by atoms with Crippen LogP contribution in [0.3, 0.4) is 0 Å². The predicted octanol–water partition coefficient (Wildman–Crippen LogP) is 4.51. The Balaban J connectivity index is 1.35. The molecule has 6 heteroatoms. The first-order valence-electron chi connectivity index (χ1n) is 10.9. The third kappa shape index (κ3) is 3.72. The molecule has 2 unspecified atom stereocenters. The van der Waals surface area contributed by atoms with Crippen LogP contribution in [0, 0.1) is 5.92 Å². The summed E-state index contributed by atoms with van der Waals surface area (Å²) in [5.74, 6) is 0.835. The van der Waals surface area contributed by atoms with E-state index < -0.39 is 5.72 Å². The molecule has 0 spiro atoms. The number of rotatable bonds is 7. The zero-order chi connectivity index (χ0) is 21.4. The van der Waals surface area contributed by atoms with E-state index in [4.69, 9.17) is 9.73 Å². The Bertz CT molecular complexity index is 1150. The minimum absolute atomic E-state index is 0.386. The lowest BCUT2D eigenvalue weighted by Gasteiger charge is -2.22. The van der Waals surface area contributed by atoms with Crippen LogP contribution in [0.2, 0.25) is 0 Å². The molecule has 1 saturated carbocycles. The molecule has 2 heterocycles. The maximum atomic E-state index is 6.45. The summed E-state index contributed by atoms with van der Waals surface area (Å²) in [5, 5.41) is 11.5. The average molecular weight is 414 g/mol. The van der Waals surface area contributed by atoms with Gasteiger partial charge < -0.3 is 4.74 Å². The maximum Gasteiger partial charge on any atom is 0.167 e. The van der Waals surface area contributed by atoms with E-state index in [2.05, 4.69) is 72.7 Å². The number of para-hydroxylation sites is 1. The SMILES string of the molecule is CC1=CC(c2ccccc2C(C)C)=NC2(OCCc3ccccc3-n3cnnn3)CC12. The molecule has 0 saturated heterocycles. The number of benzene rings is 2. The molecule has 3 aromatic rings. The highest BCUT2D eigenvalue weighted by molar-refractivity contribution is 6.11. The molecule has 5 rings (SSSR count). The molecular formula is C25H27N5O. The zero-order valence-corrected chi connectivity index (χ0v) is 18.2. The molecular weight excluding hydrogens is 386 g/mol. The highest BCUT2D eigenvalue weighted by Crippen LogP contribution is 2.54. The van der Waals surface area contributed by atoms with Crippen LogP contribution in [0.1, 0.15) is 49.8 Å². The molecule has 158 valence electrons. The second-order valence-electron chi connectivity index (χ2n) is 8.71. The molecule has 0 amide bonds. The minimum atomic E-state index is -0.415. The Hall–Kier alpha value is -3.12. The number of aromatic nitrogens is 4. The van der Waals surface area contributed by atoms with E-state index in [1.54, 1.807) is 11.0 Å². The van der Waals surface area contributed by atoms with Crippen LogP contribution >= 0.6 is 0 Å². The number of hydrogen-bond donors (Lipinski definition) is 0. The number of allylic oxidation sites excluding steroid dienone is 1. The average Bonchev–Trinajstić information content (AvgIpc) is 3.25. The van der Waals surface area contributed by atoms with Gasteiger partial charge in [-0.2, -0.15) is 0 Å². The molecule has 2 aliphatic rings. The van der Waals surface area contributed by atoms with Crippen molar-refractivity contribution >= 4 is 5.71 Å². The number of dihydropyridines is 1. The quantitative estimate of drug-likeness (QED) is 0.572. The van der Waals surface area contributed by atoms with Gasteiger partial charge in [-0.15, -0.1) is 5.10 Å². The molecule has 1 aromatic heterocycles. The fourth-order valence-corrected chi connectivity index (χ4v) is 4.54. The Morgan fingerprint density at radius 1 is 1.13 bits per heavy atom. The van der Waals surface area contributed by atoms with Gasteiger partial charge in [-0.3, -0.25) is 0 Å². The van der Waals surface area contributed by atoms with Gasteiger partial charge >= 0.3 is 0 Å². The van der Waals surface area contributed by atoms with Crippen molar-refractivity contribution in [1.29, 1.82) is 0 Å². The molecule has 1 aliphatic heterocycles. The summed E-state index contributed by atoms with van der Waals surface area (Å²) >= 11 is 0. The third-order valence-corrected chi connectivity index (χ3v) is 6.27. The van der Waals surface area contributed by atoms with Crippen LogP contribution in [0.5, 0.6) is 0 Å². The molecule has 2 atom stereocenters. The Labute approximate surface area is 182 Å². The first-order chi connectivity index (χ1) is 15.1. The van der Waals surface area contributed by atoms with Crippen molar-refractivity contribution in [2.45, 2.75) is 45.3 Å². The van der Waals surface area contributed by atoms with E-state index in [9.17, 15) is 0 Å². The molecule has 0 radical (unpaired) electrons. The van der Waals surface area contributed by atoms with E-state index in [0.29, 0.717) is 18.4 Å². The second-order valence-corrected chi connectivity index (χ2v) is 8.71. The van der Waals surface area contributed by atoms with Gasteiger partial charge in [0.05, 0.1) is 18.0 Å². The van der Waals surface area contributed by atoms with Crippen molar-refractivity contribution in [3.05, 3.63) is 83.2 Å². The fourth-order valence-electron chi connectivity index (χ4n) is 4.54. The van der Waals surface area contributed by atoms with Gasteiger partial charge in [0.2, 0.25) is 0 Å². The van der Waals surface area contributed by atoms with E-state index in [1.165, 1.54) is 16.7 Å². The van der Waals surface area contributed by atoms with E-state index in [-0.39, 0.29) is 0 Å². The standard InChI is InChI=1S/C25H27N5O/c1-17(2)20-9-5-6-10-21(20)23-14-18(3)22-15-25(22,27-23)31-13-12-19-8-4-7-11-24(19)30-16-26-28-29-30/h4-11,14,16-17,22H,12-13,15H2,1-3H3. The van der Waals surface area contributed by atoms with Gasteiger partial charge in [-0.25, -0.2) is 9.67 Å². The van der Waals surface area contributed by atoms with Crippen molar-refractivity contribution in [3.8, 4) is 5.69 Å². The van der Waals surface area contributed by atoms with Crippen LogP contribution in [0.4, 0.5) is 0 Å². The van der Waals surface area contributed by atoms with Crippen molar-refractivity contribution in [3.63, 3.8) is 0 Å². The molecule has 0 N–H and O–H groups in total. The van der Waals surface area contributed by atoms with Crippen LogP contribution in [-0.4, -0.2) is 38.3 Å². The minimum Gasteiger partial charge on any atom is -0.353 e. The van der Waals surface area contributed by atoms with Crippen molar-refractivity contribution in [2.24, 2.45) is 10.9 Å². The lowest BCUT2D eigenvalue weighted by atomic mass is 9.92. The third-order valence-electron chi connectivity index (χ3n) is 6.27. The van der Waals surface area contributed by atoms with Gasteiger partial charge in [-0.1, -0.05) is 61.9 Å². The highest BCUT2D eigenvalue weighted by Gasteiger charge is 2.58. The molecule has 31 heavy (non-hydrogen) atoms. The fraction of sp³-hybridized carbons (Fsp3) is 0.360. The van der Waals surface area contributed by atoms with Crippen LogP contribution in [-0.2, 0) is 11.2 Å². The molecule has 1 aliphatic carbocycles. The predicted molar refractivity (Wildman–Crippen MR) is 120 cm³/mol. The lowest BCUT2D eigenvalue weighted by Crippen LogP contribution is -2.23. The largest absolute Gasteiger partial charge is 0.353 e. The molecule has 6 nitrogen and oxygen atoms in total. The van der Waals surface area contributed by atoms with Gasteiger partial charge in [0.25, 0.3) is 0 Å². The summed E-state index contributed by atoms with van der Waals surface area (Å²) in [7, 11) is 0. The first-order valence-corrected chi connectivity index (χ1v) is 10.9. The maximum absolute atomic E-state index is 6.45. The lowest BCUT2D eigenvalue weighted by molar-refractivity contribution is 0.0320. The van der Waals surface area contributed by atoms with Gasteiger partial charge in [0.1, 0.15) is 6.33 Å². The zero-order valence-electron chi connectivity index (χ0n) is 18.2. The summed E-state index contributed by atoms with van der Waals surface area (Å²) in [4.78, 5) is 5.14. The van der Waals surface area contributed by atoms with Crippen molar-refractivity contribution < 1.29 is 4.74 Å². The molecule has 1 fully saturated rings. The van der Waals surface area contributed by atoms with Crippen molar-refractivity contribution in [2.75, 3.05) is 6.61 Å².